The van der Waals surface area contributed by atoms with Gasteiger partial charge in [0.05, 0.1) is 5.54 Å². The van der Waals surface area contributed by atoms with Crippen LogP contribution in [0.15, 0.2) is 16.7 Å². The summed E-state index contributed by atoms with van der Waals surface area (Å²) in [6, 6.07) is 3.52. The zero-order valence-electron chi connectivity index (χ0n) is 9.23. The first kappa shape index (κ1) is 12.6. The van der Waals surface area contributed by atoms with Gasteiger partial charge in [0.25, 0.3) is 0 Å². The Bertz CT molecular complexity index is 454. The van der Waals surface area contributed by atoms with E-state index in [9.17, 15) is 9.90 Å². The standard InChI is InChI=1S/C10H12BrN3O2/c1-10(2,3)14(9(15)16)13-6-7(11)4-8(13)5-12/h4,6H,1-3H3,(H,15,16). The van der Waals surface area contributed by atoms with Crippen molar-refractivity contribution in [3.63, 3.8) is 0 Å². The smallest absolute Gasteiger partial charge is 0.427 e. The summed E-state index contributed by atoms with van der Waals surface area (Å²) < 4.78 is 1.99. The second kappa shape index (κ2) is 4.18. The molecule has 0 unspecified atom stereocenters. The first-order valence-electron chi connectivity index (χ1n) is 4.59. The van der Waals surface area contributed by atoms with E-state index in [4.69, 9.17) is 5.26 Å². The maximum atomic E-state index is 11.2. The molecule has 1 amide bonds. The lowest BCUT2D eigenvalue weighted by atomic mass is 10.1. The zero-order chi connectivity index (χ0) is 12.5. The van der Waals surface area contributed by atoms with Crippen molar-refractivity contribution in [2.45, 2.75) is 26.3 Å². The van der Waals surface area contributed by atoms with Crippen LogP contribution in [0.4, 0.5) is 4.79 Å². The molecule has 0 atom stereocenters. The van der Waals surface area contributed by atoms with Crippen LogP contribution in [0, 0.1) is 11.3 Å². The Labute approximate surface area is 102 Å². The molecule has 1 rings (SSSR count). The molecule has 1 aromatic heterocycles. The monoisotopic (exact) mass is 285 g/mol. The molecule has 0 saturated carbocycles. The largest absolute Gasteiger partial charge is 0.464 e. The fourth-order valence-corrected chi connectivity index (χ4v) is 1.78. The number of nitrogens with zero attached hydrogens (tertiary/aromatic N) is 3. The van der Waals surface area contributed by atoms with E-state index in [-0.39, 0.29) is 5.69 Å². The van der Waals surface area contributed by atoms with Gasteiger partial charge in [-0.2, -0.15) is 5.26 Å². The number of carboxylic acid groups (broad SMARTS) is 1. The van der Waals surface area contributed by atoms with Gasteiger partial charge in [0.2, 0.25) is 0 Å². The summed E-state index contributed by atoms with van der Waals surface area (Å²) >= 11 is 3.22. The molecule has 1 aromatic rings. The van der Waals surface area contributed by atoms with Crippen LogP contribution in [0.25, 0.3) is 0 Å². The summed E-state index contributed by atoms with van der Waals surface area (Å²) in [5.41, 5.74) is -0.361. The SMILES string of the molecule is CC(C)(C)N(C(=O)O)n1cc(Br)cc1C#N. The van der Waals surface area contributed by atoms with E-state index in [1.165, 1.54) is 4.68 Å². The minimum absolute atomic E-state index is 0.268. The van der Waals surface area contributed by atoms with E-state index in [1.807, 2.05) is 6.07 Å². The van der Waals surface area contributed by atoms with Gasteiger partial charge in [0.1, 0.15) is 11.8 Å². The van der Waals surface area contributed by atoms with Gasteiger partial charge in [0, 0.05) is 10.7 Å². The fourth-order valence-electron chi connectivity index (χ4n) is 1.37. The maximum Gasteiger partial charge on any atom is 0.427 e. The predicted molar refractivity (Wildman–Crippen MR) is 62.8 cm³/mol. The van der Waals surface area contributed by atoms with Crippen LogP contribution in [-0.4, -0.2) is 21.4 Å². The highest BCUT2D eigenvalue weighted by Crippen LogP contribution is 2.19. The topological polar surface area (TPSA) is 69.3 Å². The molecule has 0 bridgehead atoms. The molecule has 86 valence electrons. The van der Waals surface area contributed by atoms with Crippen molar-refractivity contribution < 1.29 is 9.90 Å². The van der Waals surface area contributed by atoms with Crippen LogP contribution < -0.4 is 5.01 Å². The molecule has 0 aliphatic carbocycles. The van der Waals surface area contributed by atoms with Crippen LogP contribution >= 0.6 is 15.9 Å². The Balaban J connectivity index is 3.33. The van der Waals surface area contributed by atoms with Gasteiger partial charge < -0.3 is 5.11 Å². The molecule has 1 N–H and O–H groups in total. The van der Waals surface area contributed by atoms with Crippen molar-refractivity contribution in [3.05, 3.63) is 22.4 Å². The first-order chi connectivity index (χ1) is 7.27. The van der Waals surface area contributed by atoms with Crippen molar-refractivity contribution in [1.82, 2.24) is 4.68 Å². The highest BCUT2D eigenvalue weighted by molar-refractivity contribution is 9.10. The number of nitriles is 1. The van der Waals surface area contributed by atoms with Crippen molar-refractivity contribution in [2.75, 3.05) is 5.01 Å². The van der Waals surface area contributed by atoms with Gasteiger partial charge in [-0.05, 0) is 42.8 Å². The first-order valence-corrected chi connectivity index (χ1v) is 5.38. The molecule has 0 saturated heterocycles. The second-order valence-corrected chi connectivity index (χ2v) is 5.18. The van der Waals surface area contributed by atoms with E-state index in [2.05, 4.69) is 15.9 Å². The maximum absolute atomic E-state index is 11.2. The molecular weight excluding hydrogens is 274 g/mol. The number of rotatable bonds is 1. The molecule has 0 aliphatic rings. The average Bonchev–Trinajstić information content (AvgIpc) is 2.43. The van der Waals surface area contributed by atoms with Crippen LogP contribution in [0.3, 0.4) is 0 Å². The zero-order valence-corrected chi connectivity index (χ0v) is 10.8. The predicted octanol–water partition coefficient (Wildman–Crippen LogP) is 2.54. The quantitative estimate of drug-likeness (QED) is 0.862. The van der Waals surface area contributed by atoms with E-state index < -0.39 is 11.6 Å². The molecule has 1 heterocycles. The number of hydrogen-bond acceptors (Lipinski definition) is 2. The summed E-state index contributed by atoms with van der Waals surface area (Å²) in [7, 11) is 0. The van der Waals surface area contributed by atoms with Crippen LogP contribution in [-0.2, 0) is 0 Å². The summed E-state index contributed by atoms with van der Waals surface area (Å²) in [5.74, 6) is 0. The molecule has 0 aliphatic heterocycles. The third-order valence-electron chi connectivity index (χ3n) is 1.91. The highest BCUT2D eigenvalue weighted by atomic mass is 79.9. The van der Waals surface area contributed by atoms with Gasteiger partial charge in [0.15, 0.2) is 0 Å². The lowest BCUT2D eigenvalue weighted by Crippen LogP contribution is -2.52. The number of amides is 1. The van der Waals surface area contributed by atoms with Crippen molar-refractivity contribution in [3.8, 4) is 6.07 Å². The molecule has 0 spiro atoms. The summed E-state index contributed by atoms with van der Waals surface area (Å²) in [4.78, 5) is 11.2. The lowest BCUT2D eigenvalue weighted by molar-refractivity contribution is 0.184. The van der Waals surface area contributed by atoms with Gasteiger partial charge >= 0.3 is 6.09 Å². The summed E-state index contributed by atoms with van der Waals surface area (Å²) in [6.45, 7) is 5.28. The molecule has 5 nitrogen and oxygen atoms in total. The molecule has 0 fully saturated rings. The van der Waals surface area contributed by atoms with Gasteiger partial charge in [-0.1, -0.05) is 0 Å². The Kier molecular flexibility index (Phi) is 3.29. The number of aromatic nitrogens is 1. The van der Waals surface area contributed by atoms with Gasteiger partial charge in [-0.3, -0.25) is 0 Å². The lowest BCUT2D eigenvalue weighted by Gasteiger charge is -2.33. The van der Waals surface area contributed by atoms with Crippen molar-refractivity contribution in [1.29, 1.82) is 5.26 Å². The molecule has 0 radical (unpaired) electrons. The Morgan fingerprint density at radius 2 is 2.19 bits per heavy atom. The number of hydrogen-bond donors (Lipinski definition) is 1. The van der Waals surface area contributed by atoms with Crippen molar-refractivity contribution in [2.24, 2.45) is 0 Å². The molecule has 0 aromatic carbocycles. The number of carbonyl (C=O) groups is 1. The number of halogens is 1. The molecule has 16 heavy (non-hydrogen) atoms. The third kappa shape index (κ3) is 2.36. The van der Waals surface area contributed by atoms with Gasteiger partial charge in [-0.15, -0.1) is 0 Å². The van der Waals surface area contributed by atoms with Gasteiger partial charge in [-0.25, -0.2) is 14.5 Å². The van der Waals surface area contributed by atoms with E-state index in [1.54, 1.807) is 33.0 Å². The Hall–Kier alpha value is -1.48. The average molecular weight is 286 g/mol. The fraction of sp³-hybridized carbons (Fsp3) is 0.400. The summed E-state index contributed by atoms with van der Waals surface area (Å²) in [6.07, 6.45) is 0.449. The third-order valence-corrected chi connectivity index (χ3v) is 2.35. The van der Waals surface area contributed by atoms with Crippen LogP contribution in [0.5, 0.6) is 0 Å². The second-order valence-electron chi connectivity index (χ2n) is 4.27. The van der Waals surface area contributed by atoms with E-state index in [0.29, 0.717) is 4.47 Å². The molecule has 6 heteroatoms. The Morgan fingerprint density at radius 3 is 2.56 bits per heavy atom. The minimum atomic E-state index is -1.10. The normalized spacial score (nSPS) is 10.9. The van der Waals surface area contributed by atoms with Crippen LogP contribution in [0.1, 0.15) is 26.5 Å². The summed E-state index contributed by atoms with van der Waals surface area (Å²) in [5, 5.41) is 19.2. The van der Waals surface area contributed by atoms with Crippen molar-refractivity contribution >= 4 is 22.0 Å². The Morgan fingerprint density at radius 1 is 1.62 bits per heavy atom. The minimum Gasteiger partial charge on any atom is -0.464 e. The van der Waals surface area contributed by atoms with Crippen LogP contribution in [0.2, 0.25) is 0 Å². The van der Waals surface area contributed by atoms with E-state index in [0.717, 1.165) is 5.01 Å². The van der Waals surface area contributed by atoms with E-state index >= 15 is 0 Å². The molecular formula is C10H12BrN3O2. The highest BCUT2D eigenvalue weighted by Gasteiger charge is 2.29.